The molecule has 3 aromatic rings. The lowest BCUT2D eigenvalue weighted by atomic mass is 10.2. The van der Waals surface area contributed by atoms with Crippen LogP contribution in [0.25, 0.3) is 16.6 Å². The van der Waals surface area contributed by atoms with Gasteiger partial charge >= 0.3 is 0 Å². The Bertz CT molecular complexity index is 689. The summed E-state index contributed by atoms with van der Waals surface area (Å²) in [5.74, 6) is 0.809. The maximum atomic E-state index is 5.87. The van der Waals surface area contributed by atoms with E-state index in [0.717, 1.165) is 27.4 Å². The van der Waals surface area contributed by atoms with Crippen LogP contribution in [0, 0.1) is 0 Å². The highest BCUT2D eigenvalue weighted by atomic mass is 35.5. The molecule has 0 radical (unpaired) electrons. The van der Waals surface area contributed by atoms with Crippen molar-refractivity contribution in [2.24, 2.45) is 0 Å². The molecular weight excluding hydrogens is 248 g/mol. The van der Waals surface area contributed by atoms with Crippen molar-refractivity contribution in [1.82, 2.24) is 9.78 Å². The number of methoxy groups -OCH3 is 1. The van der Waals surface area contributed by atoms with Crippen LogP contribution in [0.3, 0.4) is 0 Å². The Balaban J connectivity index is 2.10. The largest absolute Gasteiger partial charge is 0.497 e. The number of nitrogens with zero attached hydrogens (tertiary/aromatic N) is 2. The molecule has 0 bridgehead atoms. The number of ether oxygens (including phenoxy) is 1. The van der Waals surface area contributed by atoms with Crippen LogP contribution in [0.2, 0.25) is 5.02 Å². The van der Waals surface area contributed by atoms with E-state index in [2.05, 4.69) is 5.10 Å². The average Bonchev–Trinajstić information content (AvgIpc) is 2.82. The molecule has 3 nitrogen and oxygen atoms in total. The van der Waals surface area contributed by atoms with Gasteiger partial charge in [0.1, 0.15) is 5.75 Å². The lowest BCUT2D eigenvalue weighted by molar-refractivity contribution is 0.415. The van der Waals surface area contributed by atoms with E-state index in [1.807, 2.05) is 53.3 Å². The topological polar surface area (TPSA) is 27.1 Å². The minimum absolute atomic E-state index is 0.720. The van der Waals surface area contributed by atoms with Gasteiger partial charge in [0.2, 0.25) is 0 Å². The summed E-state index contributed by atoms with van der Waals surface area (Å²) in [7, 11) is 1.65. The van der Waals surface area contributed by atoms with Gasteiger partial charge in [-0.2, -0.15) is 5.10 Å². The van der Waals surface area contributed by atoms with E-state index in [1.165, 1.54) is 0 Å². The summed E-state index contributed by atoms with van der Waals surface area (Å²) in [5.41, 5.74) is 1.89. The normalized spacial score (nSPS) is 10.8. The zero-order valence-corrected chi connectivity index (χ0v) is 10.6. The first-order valence-corrected chi connectivity index (χ1v) is 5.93. The van der Waals surface area contributed by atoms with Crippen molar-refractivity contribution in [1.29, 1.82) is 0 Å². The summed E-state index contributed by atoms with van der Waals surface area (Å²) >= 11 is 5.87. The zero-order chi connectivity index (χ0) is 12.5. The van der Waals surface area contributed by atoms with Gasteiger partial charge in [-0.1, -0.05) is 11.6 Å². The fourth-order valence-corrected chi connectivity index (χ4v) is 1.97. The number of halogens is 1. The van der Waals surface area contributed by atoms with Gasteiger partial charge in [-0.25, -0.2) is 4.68 Å². The average molecular weight is 259 g/mol. The second-order valence-corrected chi connectivity index (χ2v) is 4.41. The van der Waals surface area contributed by atoms with E-state index >= 15 is 0 Å². The highest BCUT2D eigenvalue weighted by Gasteiger charge is 2.03. The predicted molar refractivity (Wildman–Crippen MR) is 72.6 cm³/mol. The van der Waals surface area contributed by atoms with E-state index < -0.39 is 0 Å². The smallest absolute Gasteiger partial charge is 0.121 e. The molecule has 0 aliphatic carbocycles. The highest BCUT2D eigenvalue weighted by molar-refractivity contribution is 6.30. The molecule has 1 aromatic heterocycles. The summed E-state index contributed by atoms with van der Waals surface area (Å²) in [6, 6.07) is 13.4. The Morgan fingerprint density at radius 1 is 1.11 bits per heavy atom. The molecule has 0 saturated heterocycles. The molecule has 0 aliphatic heterocycles. The van der Waals surface area contributed by atoms with Crippen LogP contribution in [0.15, 0.2) is 48.7 Å². The molecule has 90 valence electrons. The monoisotopic (exact) mass is 258 g/mol. The molecule has 0 N–H and O–H groups in total. The Labute approximate surface area is 110 Å². The maximum Gasteiger partial charge on any atom is 0.121 e. The van der Waals surface area contributed by atoms with Gasteiger partial charge < -0.3 is 4.74 Å². The summed E-state index contributed by atoms with van der Waals surface area (Å²) in [6.07, 6.45) is 1.98. The number of rotatable bonds is 2. The predicted octanol–water partition coefficient (Wildman–Crippen LogP) is 3.69. The molecule has 0 aliphatic rings. The van der Waals surface area contributed by atoms with Crippen molar-refractivity contribution in [3.8, 4) is 11.4 Å². The standard InChI is InChI=1S/C14H11ClN2O/c1-18-13-7-2-10-9-17(16-14(10)8-13)12-5-3-11(15)4-6-12/h2-9H,1H3. The Morgan fingerprint density at radius 3 is 2.61 bits per heavy atom. The second kappa shape index (κ2) is 4.35. The lowest BCUT2D eigenvalue weighted by Crippen LogP contribution is -1.93. The molecule has 2 aromatic carbocycles. The first-order valence-electron chi connectivity index (χ1n) is 5.55. The van der Waals surface area contributed by atoms with Crippen molar-refractivity contribution < 1.29 is 4.74 Å². The molecular formula is C14H11ClN2O. The van der Waals surface area contributed by atoms with Crippen LogP contribution >= 0.6 is 11.6 Å². The molecule has 1 heterocycles. The third-order valence-corrected chi connectivity index (χ3v) is 3.06. The van der Waals surface area contributed by atoms with E-state index in [1.54, 1.807) is 7.11 Å². The molecule has 3 rings (SSSR count). The van der Waals surface area contributed by atoms with Crippen LogP contribution in [0.4, 0.5) is 0 Å². The number of fused-ring (bicyclic) bond motifs is 1. The summed E-state index contributed by atoms with van der Waals surface area (Å²) in [4.78, 5) is 0. The number of hydrogen-bond acceptors (Lipinski definition) is 2. The minimum atomic E-state index is 0.720. The van der Waals surface area contributed by atoms with Crippen molar-refractivity contribution in [3.05, 3.63) is 53.7 Å². The molecule has 0 saturated carbocycles. The fraction of sp³-hybridized carbons (Fsp3) is 0.0714. The fourth-order valence-electron chi connectivity index (χ4n) is 1.85. The molecule has 0 spiro atoms. The number of hydrogen-bond donors (Lipinski definition) is 0. The molecule has 0 unspecified atom stereocenters. The van der Waals surface area contributed by atoms with Crippen molar-refractivity contribution in [2.75, 3.05) is 7.11 Å². The van der Waals surface area contributed by atoms with E-state index in [0.29, 0.717) is 0 Å². The first-order chi connectivity index (χ1) is 8.76. The molecule has 0 fully saturated rings. The van der Waals surface area contributed by atoms with Gasteiger partial charge in [0, 0.05) is 22.7 Å². The van der Waals surface area contributed by atoms with Crippen LogP contribution in [0.1, 0.15) is 0 Å². The van der Waals surface area contributed by atoms with Gasteiger partial charge in [0.25, 0.3) is 0 Å². The molecule has 18 heavy (non-hydrogen) atoms. The summed E-state index contributed by atoms with van der Waals surface area (Å²) < 4.78 is 7.02. The molecule has 0 amide bonds. The summed E-state index contributed by atoms with van der Waals surface area (Å²) in [6.45, 7) is 0. The van der Waals surface area contributed by atoms with Crippen LogP contribution < -0.4 is 4.74 Å². The number of aromatic nitrogens is 2. The van der Waals surface area contributed by atoms with Crippen LogP contribution in [0.5, 0.6) is 5.75 Å². The van der Waals surface area contributed by atoms with Crippen molar-refractivity contribution in [2.45, 2.75) is 0 Å². The van der Waals surface area contributed by atoms with E-state index in [4.69, 9.17) is 16.3 Å². The Kier molecular flexibility index (Phi) is 2.68. The highest BCUT2D eigenvalue weighted by Crippen LogP contribution is 2.21. The van der Waals surface area contributed by atoms with Crippen LogP contribution in [-0.2, 0) is 0 Å². The minimum Gasteiger partial charge on any atom is -0.497 e. The van der Waals surface area contributed by atoms with Gasteiger partial charge in [0.05, 0.1) is 18.3 Å². The van der Waals surface area contributed by atoms with E-state index in [9.17, 15) is 0 Å². The molecule has 4 heteroatoms. The van der Waals surface area contributed by atoms with E-state index in [-0.39, 0.29) is 0 Å². The Morgan fingerprint density at radius 2 is 1.89 bits per heavy atom. The van der Waals surface area contributed by atoms with Gasteiger partial charge in [-0.3, -0.25) is 0 Å². The van der Waals surface area contributed by atoms with Gasteiger partial charge in [0.15, 0.2) is 0 Å². The maximum absolute atomic E-state index is 5.87. The second-order valence-electron chi connectivity index (χ2n) is 3.97. The molecule has 0 atom stereocenters. The SMILES string of the molecule is COc1ccc2cn(-c3ccc(Cl)cc3)nc2c1. The van der Waals surface area contributed by atoms with Gasteiger partial charge in [-0.05, 0) is 36.4 Å². The van der Waals surface area contributed by atoms with Crippen molar-refractivity contribution >= 4 is 22.5 Å². The van der Waals surface area contributed by atoms with Crippen LogP contribution in [-0.4, -0.2) is 16.9 Å². The third kappa shape index (κ3) is 1.93. The third-order valence-electron chi connectivity index (χ3n) is 2.81. The zero-order valence-electron chi connectivity index (χ0n) is 9.80. The van der Waals surface area contributed by atoms with Gasteiger partial charge in [-0.15, -0.1) is 0 Å². The lowest BCUT2D eigenvalue weighted by Gasteiger charge is -1.99. The number of benzene rings is 2. The first kappa shape index (κ1) is 11.1. The summed E-state index contributed by atoms with van der Waals surface area (Å²) in [5, 5.41) is 6.31. The Hall–Kier alpha value is -2.00. The quantitative estimate of drug-likeness (QED) is 0.701. The van der Waals surface area contributed by atoms with Crippen molar-refractivity contribution in [3.63, 3.8) is 0 Å².